The van der Waals surface area contributed by atoms with Gasteiger partial charge in [0.25, 0.3) is 11.8 Å². The number of ether oxygens (including phenoxy) is 1. The number of hydrogen-bond acceptors (Lipinski definition) is 5. The van der Waals surface area contributed by atoms with E-state index in [-0.39, 0.29) is 18.4 Å². The Labute approximate surface area is 196 Å². The molecule has 0 unspecified atom stereocenters. The van der Waals surface area contributed by atoms with E-state index in [0.29, 0.717) is 16.4 Å². The number of nitrogens with one attached hydrogen (secondary N) is 1. The predicted octanol–water partition coefficient (Wildman–Crippen LogP) is 5.41. The van der Waals surface area contributed by atoms with E-state index in [9.17, 15) is 9.59 Å². The van der Waals surface area contributed by atoms with Crippen LogP contribution in [-0.2, 0) is 4.79 Å². The van der Waals surface area contributed by atoms with E-state index in [4.69, 9.17) is 4.74 Å². The lowest BCUT2D eigenvalue weighted by Gasteiger charge is -2.18. The molecule has 0 fully saturated rings. The molecule has 0 saturated heterocycles. The minimum absolute atomic E-state index is 0.0960. The van der Waals surface area contributed by atoms with Gasteiger partial charge < -0.3 is 9.64 Å². The third kappa shape index (κ3) is 5.64. The topological polar surface area (TPSA) is 71.5 Å². The number of hydrogen-bond donors (Lipinski definition) is 1. The Kier molecular flexibility index (Phi) is 6.80. The molecule has 7 heteroatoms. The maximum absolute atomic E-state index is 12.7. The van der Waals surface area contributed by atoms with Crippen LogP contribution in [0.3, 0.4) is 0 Å². The number of benzene rings is 3. The average molecular weight is 458 g/mol. The van der Waals surface area contributed by atoms with Crippen molar-refractivity contribution in [3.63, 3.8) is 0 Å². The average Bonchev–Trinajstić information content (AvgIpc) is 3.31. The second kappa shape index (κ2) is 10.1. The van der Waals surface area contributed by atoms with Crippen molar-refractivity contribution in [3.05, 3.63) is 95.4 Å². The molecule has 1 aromatic heterocycles. The predicted molar refractivity (Wildman–Crippen MR) is 132 cm³/mol. The monoisotopic (exact) mass is 457 g/mol. The number of thiazole rings is 1. The van der Waals surface area contributed by atoms with Crippen molar-refractivity contribution in [2.75, 3.05) is 23.9 Å². The molecule has 0 radical (unpaired) electrons. The zero-order chi connectivity index (χ0) is 23.2. The molecule has 0 saturated carbocycles. The molecule has 4 rings (SSSR count). The van der Waals surface area contributed by atoms with Gasteiger partial charge >= 0.3 is 0 Å². The quantitative estimate of drug-likeness (QED) is 0.403. The second-order valence-corrected chi connectivity index (χ2v) is 8.32. The van der Waals surface area contributed by atoms with Crippen LogP contribution in [0.5, 0.6) is 5.75 Å². The number of aromatic nitrogens is 1. The molecule has 33 heavy (non-hydrogen) atoms. The highest BCUT2D eigenvalue weighted by atomic mass is 32.1. The van der Waals surface area contributed by atoms with Crippen LogP contribution in [0, 0.1) is 6.92 Å². The highest BCUT2D eigenvalue weighted by Crippen LogP contribution is 2.25. The van der Waals surface area contributed by atoms with E-state index in [1.165, 1.54) is 11.3 Å². The van der Waals surface area contributed by atoms with Gasteiger partial charge in [-0.3, -0.25) is 14.9 Å². The molecule has 1 N–H and O–H groups in total. The fourth-order valence-corrected chi connectivity index (χ4v) is 3.89. The number of rotatable bonds is 7. The smallest absolute Gasteiger partial charge is 0.264 e. The second-order valence-electron chi connectivity index (χ2n) is 7.46. The first-order valence-corrected chi connectivity index (χ1v) is 11.3. The van der Waals surface area contributed by atoms with Gasteiger partial charge in [0, 0.05) is 29.2 Å². The molecule has 6 nitrogen and oxygen atoms in total. The van der Waals surface area contributed by atoms with Gasteiger partial charge in [-0.25, -0.2) is 4.98 Å². The lowest BCUT2D eigenvalue weighted by Crippen LogP contribution is -2.26. The number of amides is 2. The molecule has 0 aliphatic carbocycles. The van der Waals surface area contributed by atoms with E-state index < -0.39 is 0 Å². The first-order valence-electron chi connectivity index (χ1n) is 10.4. The van der Waals surface area contributed by atoms with E-state index in [1.54, 1.807) is 36.2 Å². The normalized spacial score (nSPS) is 10.5. The summed E-state index contributed by atoms with van der Waals surface area (Å²) in [5.41, 5.74) is 4.27. The van der Waals surface area contributed by atoms with Crippen LogP contribution in [0.25, 0.3) is 11.3 Å². The van der Waals surface area contributed by atoms with E-state index in [2.05, 4.69) is 10.3 Å². The van der Waals surface area contributed by atoms with Crippen LogP contribution < -0.4 is 15.0 Å². The zero-order valence-electron chi connectivity index (χ0n) is 18.3. The van der Waals surface area contributed by atoms with Gasteiger partial charge in [-0.15, -0.1) is 11.3 Å². The third-order valence-electron chi connectivity index (χ3n) is 5.02. The highest BCUT2D eigenvalue weighted by Gasteiger charge is 2.14. The largest absolute Gasteiger partial charge is 0.484 e. The molecule has 0 bridgehead atoms. The van der Waals surface area contributed by atoms with Crippen LogP contribution >= 0.6 is 11.3 Å². The summed E-state index contributed by atoms with van der Waals surface area (Å²) in [6, 6.07) is 24.3. The van der Waals surface area contributed by atoms with Crippen LogP contribution in [0.4, 0.5) is 10.8 Å². The summed E-state index contributed by atoms with van der Waals surface area (Å²) in [5.74, 6) is 0.148. The number of carbonyl (C=O) groups excluding carboxylic acids is 2. The van der Waals surface area contributed by atoms with Crippen LogP contribution in [0.2, 0.25) is 0 Å². The van der Waals surface area contributed by atoms with Crippen LogP contribution in [0.1, 0.15) is 15.9 Å². The molecule has 1 heterocycles. The number of carbonyl (C=O) groups is 2. The Hall–Kier alpha value is -3.97. The minimum atomic E-state index is -0.292. The van der Waals surface area contributed by atoms with Crippen molar-refractivity contribution in [3.8, 4) is 17.0 Å². The van der Waals surface area contributed by atoms with E-state index in [1.807, 2.05) is 66.9 Å². The molecule has 0 aliphatic heterocycles. The van der Waals surface area contributed by atoms with Crippen LogP contribution in [-0.4, -0.2) is 30.5 Å². The molecular weight excluding hydrogens is 434 g/mol. The lowest BCUT2D eigenvalue weighted by molar-refractivity contribution is -0.118. The molecule has 0 atom stereocenters. The van der Waals surface area contributed by atoms with Gasteiger partial charge in [-0.05, 0) is 43.3 Å². The molecular formula is C26H23N3O3S. The summed E-state index contributed by atoms with van der Waals surface area (Å²) in [4.78, 5) is 30.9. The molecule has 166 valence electrons. The summed E-state index contributed by atoms with van der Waals surface area (Å²) in [6.45, 7) is 1.84. The SMILES string of the molecule is Cc1ccc(C(=O)N(C)c2ccc(OCC(=O)Nc3nc(-c4ccccc4)cs3)cc2)cc1. The van der Waals surface area contributed by atoms with Gasteiger partial charge in [0.1, 0.15) is 5.75 Å². The standard InChI is InChI=1S/C26H23N3O3S/c1-18-8-10-20(11-9-18)25(31)29(2)21-12-14-22(15-13-21)32-16-24(30)28-26-27-23(17-33-26)19-6-4-3-5-7-19/h3-15,17H,16H2,1-2H3,(H,27,28,30). The summed E-state index contributed by atoms with van der Waals surface area (Å²) in [7, 11) is 1.73. The minimum Gasteiger partial charge on any atom is -0.484 e. The van der Waals surface area contributed by atoms with Gasteiger partial charge in [-0.2, -0.15) is 0 Å². The fourth-order valence-electron chi connectivity index (χ4n) is 3.15. The highest BCUT2D eigenvalue weighted by molar-refractivity contribution is 7.14. The van der Waals surface area contributed by atoms with Crippen molar-refractivity contribution in [1.82, 2.24) is 4.98 Å². The maximum atomic E-state index is 12.7. The van der Waals surface area contributed by atoms with E-state index >= 15 is 0 Å². The molecule has 0 spiro atoms. The number of anilines is 2. The molecule has 2 amide bonds. The molecule has 0 aliphatic rings. The van der Waals surface area contributed by atoms with Crippen molar-refractivity contribution in [1.29, 1.82) is 0 Å². The third-order valence-corrected chi connectivity index (χ3v) is 5.77. The van der Waals surface area contributed by atoms with Gasteiger partial charge in [0.15, 0.2) is 11.7 Å². The Bertz CT molecular complexity index is 1240. The van der Waals surface area contributed by atoms with E-state index in [0.717, 1.165) is 22.5 Å². The van der Waals surface area contributed by atoms with Gasteiger partial charge in [-0.1, -0.05) is 48.0 Å². The Morgan fingerprint density at radius 2 is 1.67 bits per heavy atom. The van der Waals surface area contributed by atoms with Gasteiger partial charge in [0.2, 0.25) is 0 Å². The summed E-state index contributed by atoms with van der Waals surface area (Å²) in [6.07, 6.45) is 0. The Morgan fingerprint density at radius 1 is 0.970 bits per heavy atom. The number of aryl methyl sites for hydroxylation is 1. The molecule has 4 aromatic rings. The fraction of sp³-hybridized carbons (Fsp3) is 0.115. The Morgan fingerprint density at radius 3 is 2.36 bits per heavy atom. The first kappa shape index (κ1) is 22.2. The van der Waals surface area contributed by atoms with Crippen molar-refractivity contribution in [2.45, 2.75) is 6.92 Å². The first-order chi connectivity index (χ1) is 16.0. The zero-order valence-corrected chi connectivity index (χ0v) is 19.1. The number of nitrogens with zero attached hydrogens (tertiary/aromatic N) is 2. The van der Waals surface area contributed by atoms with Crippen molar-refractivity contribution < 1.29 is 14.3 Å². The van der Waals surface area contributed by atoms with Crippen molar-refractivity contribution >= 4 is 34.0 Å². The van der Waals surface area contributed by atoms with Gasteiger partial charge in [0.05, 0.1) is 5.69 Å². The summed E-state index contributed by atoms with van der Waals surface area (Å²) >= 11 is 1.37. The van der Waals surface area contributed by atoms with Crippen molar-refractivity contribution in [2.24, 2.45) is 0 Å². The molecule has 3 aromatic carbocycles. The summed E-state index contributed by atoms with van der Waals surface area (Å²) in [5, 5.41) is 5.18. The summed E-state index contributed by atoms with van der Waals surface area (Å²) < 4.78 is 5.59. The maximum Gasteiger partial charge on any atom is 0.264 e. The lowest BCUT2D eigenvalue weighted by atomic mass is 10.1. The van der Waals surface area contributed by atoms with Crippen LogP contribution in [0.15, 0.2) is 84.2 Å². The Balaban J connectivity index is 1.30.